The summed E-state index contributed by atoms with van der Waals surface area (Å²) in [5.74, 6) is 1.47. The number of ether oxygens (including phenoxy) is 3. The van der Waals surface area contributed by atoms with Crippen molar-refractivity contribution in [2.75, 3.05) is 19.8 Å². The zero-order chi connectivity index (χ0) is 25.6. The van der Waals surface area contributed by atoms with Crippen molar-refractivity contribution in [1.82, 2.24) is 0 Å². The summed E-state index contributed by atoms with van der Waals surface area (Å²) in [4.78, 5) is 0. The zero-order valence-electron chi connectivity index (χ0n) is 22.0. The van der Waals surface area contributed by atoms with Gasteiger partial charge in [-0.1, -0.05) is 39.3 Å². The number of halogens is 1. The molecule has 35 heavy (non-hydrogen) atoms. The first-order valence-corrected chi connectivity index (χ1v) is 13.3. The quantitative estimate of drug-likeness (QED) is 0.359. The lowest BCUT2D eigenvalue weighted by atomic mass is 9.65. The summed E-state index contributed by atoms with van der Waals surface area (Å²) < 4.78 is 31.6. The van der Waals surface area contributed by atoms with E-state index in [1.165, 1.54) is 39.5 Å². The molecule has 6 heteroatoms. The van der Waals surface area contributed by atoms with Crippen LogP contribution in [0.15, 0.2) is 30.5 Å². The van der Waals surface area contributed by atoms with Crippen molar-refractivity contribution in [2.45, 2.75) is 84.6 Å². The molecule has 5 nitrogen and oxygen atoms in total. The van der Waals surface area contributed by atoms with Crippen LogP contribution >= 0.6 is 0 Å². The van der Waals surface area contributed by atoms with Crippen LogP contribution < -0.4 is 9.47 Å². The minimum atomic E-state index is -1.87. The van der Waals surface area contributed by atoms with Gasteiger partial charge in [0.25, 0.3) is 0 Å². The molecule has 1 aliphatic carbocycles. The monoisotopic (exact) mass is 492 g/mol. The Morgan fingerprint density at radius 3 is 2.71 bits per heavy atom. The number of alkyl halides is 1. The molecule has 0 aromatic heterocycles. The van der Waals surface area contributed by atoms with E-state index in [1.807, 2.05) is 0 Å². The number of allylic oxidation sites excluding steroid dienone is 1. The first-order valence-electron chi connectivity index (χ1n) is 13.3. The van der Waals surface area contributed by atoms with Crippen molar-refractivity contribution in [3.05, 3.63) is 36.1 Å². The Hall–Kier alpha value is -1.79. The normalized spacial score (nSPS) is 27.1. The molecule has 0 radical (unpaired) electrons. The van der Waals surface area contributed by atoms with E-state index >= 15 is 0 Å². The number of aliphatic hydroxyl groups is 2. The maximum atomic E-state index is 14.1. The molecule has 2 aliphatic rings. The minimum Gasteiger partial charge on any atom is -0.513 e. The lowest BCUT2D eigenvalue weighted by Crippen LogP contribution is -2.40. The van der Waals surface area contributed by atoms with Crippen LogP contribution in [-0.4, -0.2) is 42.0 Å². The van der Waals surface area contributed by atoms with E-state index < -0.39 is 12.0 Å². The standard InChI is InChI=1S/C29H45FO5/c1-19-9-10-22-7-6-8-25(26(22)18-33-17-19)21(3)27(32)13-14-34-24-12-11-23(15-20(2)31)28(16-24)35-29(4,5)30/h11-12,16,19,21-22,25-27,31-32H,2,6-10,13-15,17-18H2,1,3-5H3/t19?,21-,22-,25+,26?,27-/m1/s1. The third-order valence-electron chi connectivity index (χ3n) is 7.76. The first kappa shape index (κ1) is 27.8. The average Bonchev–Trinajstić information content (AvgIpc) is 2.76. The highest BCUT2D eigenvalue weighted by molar-refractivity contribution is 5.42. The molecule has 0 amide bonds. The Morgan fingerprint density at radius 2 is 2.00 bits per heavy atom. The van der Waals surface area contributed by atoms with E-state index in [1.54, 1.807) is 18.2 Å². The molecule has 1 aliphatic heterocycles. The SMILES string of the molecule is C=C(O)Cc1ccc(OCC[C@@H](O)[C@H](C)[C@@H]2CCC[C@@H]3CCC(C)COCC32)cc1OC(C)(C)F. The van der Waals surface area contributed by atoms with Crippen LogP contribution in [0.5, 0.6) is 11.5 Å². The highest BCUT2D eigenvalue weighted by Gasteiger charge is 2.39. The van der Waals surface area contributed by atoms with E-state index in [2.05, 4.69) is 20.4 Å². The van der Waals surface area contributed by atoms with Crippen molar-refractivity contribution in [2.24, 2.45) is 29.6 Å². The molecule has 1 aromatic carbocycles. The number of fused-ring (bicyclic) bond motifs is 1. The van der Waals surface area contributed by atoms with Gasteiger partial charge in [0, 0.05) is 51.5 Å². The largest absolute Gasteiger partial charge is 0.513 e. The van der Waals surface area contributed by atoms with Gasteiger partial charge in [0.15, 0.2) is 0 Å². The number of aliphatic hydroxyl groups excluding tert-OH is 2. The molecule has 3 rings (SSSR count). The van der Waals surface area contributed by atoms with Crippen LogP contribution in [0.3, 0.4) is 0 Å². The first-order chi connectivity index (χ1) is 16.5. The van der Waals surface area contributed by atoms with Crippen LogP contribution in [0.1, 0.15) is 71.8 Å². The second kappa shape index (κ2) is 12.4. The van der Waals surface area contributed by atoms with Gasteiger partial charge in [-0.3, -0.25) is 0 Å². The van der Waals surface area contributed by atoms with E-state index in [-0.39, 0.29) is 18.1 Å². The van der Waals surface area contributed by atoms with Crippen molar-refractivity contribution in [3.63, 3.8) is 0 Å². The Balaban J connectivity index is 1.57. The Bertz CT molecular complexity index is 820. The lowest BCUT2D eigenvalue weighted by Gasteiger charge is -2.44. The molecule has 1 heterocycles. The summed E-state index contributed by atoms with van der Waals surface area (Å²) in [6.07, 6.45) is 6.40. The predicted octanol–water partition coefficient (Wildman–Crippen LogP) is 6.63. The molecule has 0 bridgehead atoms. The molecule has 1 saturated heterocycles. The molecule has 2 unspecified atom stereocenters. The molecular formula is C29H45FO5. The molecule has 2 fully saturated rings. The number of rotatable bonds is 10. The second-order valence-corrected chi connectivity index (χ2v) is 11.3. The molecule has 1 aromatic rings. The van der Waals surface area contributed by atoms with Gasteiger partial charge >= 0.3 is 0 Å². The third kappa shape index (κ3) is 8.38. The number of hydrogen-bond acceptors (Lipinski definition) is 5. The maximum absolute atomic E-state index is 14.1. The molecule has 0 spiro atoms. The van der Waals surface area contributed by atoms with Crippen molar-refractivity contribution >= 4 is 0 Å². The summed E-state index contributed by atoms with van der Waals surface area (Å²) in [5.41, 5.74) is 0.631. The van der Waals surface area contributed by atoms with E-state index in [4.69, 9.17) is 14.2 Å². The zero-order valence-corrected chi connectivity index (χ0v) is 22.0. The third-order valence-corrected chi connectivity index (χ3v) is 7.76. The summed E-state index contributed by atoms with van der Waals surface area (Å²) in [5, 5.41) is 20.6. The van der Waals surface area contributed by atoms with E-state index in [0.717, 1.165) is 19.6 Å². The summed E-state index contributed by atoms with van der Waals surface area (Å²) in [6, 6.07) is 5.15. The Kier molecular flexibility index (Phi) is 9.88. The topological polar surface area (TPSA) is 68.2 Å². The molecule has 1 saturated carbocycles. The average molecular weight is 493 g/mol. The van der Waals surface area contributed by atoms with Gasteiger partial charge < -0.3 is 24.4 Å². The molecule has 2 N–H and O–H groups in total. The predicted molar refractivity (Wildman–Crippen MR) is 137 cm³/mol. The highest BCUT2D eigenvalue weighted by Crippen LogP contribution is 2.44. The second-order valence-electron chi connectivity index (χ2n) is 11.3. The van der Waals surface area contributed by atoms with Crippen LogP contribution in [-0.2, 0) is 11.2 Å². The Labute approximate surface area is 210 Å². The van der Waals surface area contributed by atoms with Crippen LogP contribution in [0, 0.1) is 29.6 Å². The smallest absolute Gasteiger partial charge is 0.242 e. The fourth-order valence-electron chi connectivity index (χ4n) is 5.84. The van der Waals surface area contributed by atoms with Gasteiger partial charge in [0.1, 0.15) is 11.5 Å². The number of hydrogen-bond donors (Lipinski definition) is 2. The van der Waals surface area contributed by atoms with Gasteiger partial charge in [-0.15, -0.1) is 0 Å². The van der Waals surface area contributed by atoms with Crippen molar-refractivity contribution in [1.29, 1.82) is 0 Å². The summed E-state index contributed by atoms with van der Waals surface area (Å²) in [6.45, 7) is 12.6. The van der Waals surface area contributed by atoms with Crippen LogP contribution in [0.25, 0.3) is 0 Å². The van der Waals surface area contributed by atoms with E-state index in [0.29, 0.717) is 53.8 Å². The fraction of sp³-hybridized carbons (Fsp3) is 0.724. The van der Waals surface area contributed by atoms with Gasteiger partial charge in [0.05, 0.1) is 18.5 Å². The maximum Gasteiger partial charge on any atom is 0.242 e. The fourth-order valence-corrected chi connectivity index (χ4v) is 5.84. The number of benzene rings is 1. The van der Waals surface area contributed by atoms with Crippen molar-refractivity contribution in [3.8, 4) is 11.5 Å². The summed E-state index contributed by atoms with van der Waals surface area (Å²) in [7, 11) is 0. The molecule has 6 atom stereocenters. The van der Waals surface area contributed by atoms with Gasteiger partial charge in [0.2, 0.25) is 5.85 Å². The van der Waals surface area contributed by atoms with Crippen LogP contribution in [0.2, 0.25) is 0 Å². The van der Waals surface area contributed by atoms with E-state index in [9.17, 15) is 14.6 Å². The van der Waals surface area contributed by atoms with Gasteiger partial charge in [-0.05, 0) is 54.9 Å². The lowest BCUT2D eigenvalue weighted by molar-refractivity contribution is -0.0450. The van der Waals surface area contributed by atoms with Crippen LogP contribution in [0.4, 0.5) is 4.39 Å². The minimum absolute atomic E-state index is 0.0218. The molecular weight excluding hydrogens is 447 g/mol. The van der Waals surface area contributed by atoms with Gasteiger partial charge in [-0.25, -0.2) is 0 Å². The summed E-state index contributed by atoms with van der Waals surface area (Å²) >= 11 is 0. The Morgan fingerprint density at radius 1 is 1.23 bits per heavy atom. The van der Waals surface area contributed by atoms with Crippen molar-refractivity contribution < 1.29 is 28.8 Å². The highest BCUT2D eigenvalue weighted by atomic mass is 19.2. The van der Waals surface area contributed by atoms with Gasteiger partial charge in [-0.2, -0.15) is 4.39 Å². The molecule has 198 valence electrons.